The molecule has 1 aromatic carbocycles. The molecule has 0 unspecified atom stereocenters. The van der Waals surface area contributed by atoms with Gasteiger partial charge in [0.25, 0.3) is 0 Å². The first-order valence-electron chi connectivity index (χ1n) is 4.46. The van der Waals surface area contributed by atoms with Crippen LogP contribution in [0.4, 0.5) is 5.95 Å². The number of nitrogens with two attached hydrogens (primary N) is 1. The summed E-state index contributed by atoms with van der Waals surface area (Å²) in [4.78, 5) is 7.86. The lowest BCUT2D eigenvalue weighted by Crippen LogP contribution is -1.98. The Labute approximate surface area is 119 Å². The van der Waals surface area contributed by atoms with Crippen LogP contribution in [0, 0.1) is 0 Å². The van der Waals surface area contributed by atoms with E-state index in [4.69, 9.17) is 17.3 Å². The highest BCUT2D eigenvalue weighted by atomic mass is 79.9. The predicted octanol–water partition coefficient (Wildman–Crippen LogP) is 3.61. The second-order valence-corrected chi connectivity index (χ2v) is 5.26. The van der Waals surface area contributed by atoms with Gasteiger partial charge in [-0.3, -0.25) is 0 Å². The molecular formula is C10H6Br2ClN3O. The van der Waals surface area contributed by atoms with Crippen LogP contribution in [-0.4, -0.2) is 15.1 Å². The van der Waals surface area contributed by atoms with E-state index in [1.54, 1.807) is 18.2 Å². The number of hydrogen-bond donors (Lipinski definition) is 2. The summed E-state index contributed by atoms with van der Waals surface area (Å²) in [6, 6.07) is 5.00. The number of aromatic hydroxyl groups is 1. The van der Waals surface area contributed by atoms with Crippen LogP contribution in [0.25, 0.3) is 11.3 Å². The zero-order valence-electron chi connectivity index (χ0n) is 8.28. The van der Waals surface area contributed by atoms with Crippen LogP contribution >= 0.6 is 43.5 Å². The average Bonchev–Trinajstić information content (AvgIpc) is 2.27. The highest BCUT2D eigenvalue weighted by Gasteiger charge is 2.15. The molecule has 2 aromatic rings. The van der Waals surface area contributed by atoms with Crippen LogP contribution in [-0.2, 0) is 0 Å². The molecule has 0 bridgehead atoms. The summed E-state index contributed by atoms with van der Waals surface area (Å²) in [5.41, 5.74) is 6.49. The van der Waals surface area contributed by atoms with Crippen LogP contribution in [0.15, 0.2) is 27.1 Å². The standard InChI is InChI=1S/C10H6Br2ClN3O/c11-4-1-2-6(17)5(3-4)8-7(12)9(13)16-10(14)15-8/h1-3,17H,(H2,14,15,16). The van der Waals surface area contributed by atoms with Gasteiger partial charge in [-0.2, -0.15) is 0 Å². The maximum atomic E-state index is 9.81. The van der Waals surface area contributed by atoms with Gasteiger partial charge >= 0.3 is 0 Å². The molecule has 0 saturated carbocycles. The second kappa shape index (κ2) is 4.80. The topological polar surface area (TPSA) is 72.0 Å². The summed E-state index contributed by atoms with van der Waals surface area (Å²) < 4.78 is 1.30. The minimum absolute atomic E-state index is 0.0487. The van der Waals surface area contributed by atoms with Gasteiger partial charge in [0.15, 0.2) is 0 Å². The number of halogens is 3. The van der Waals surface area contributed by atoms with E-state index in [2.05, 4.69) is 41.8 Å². The molecule has 2 rings (SSSR count). The monoisotopic (exact) mass is 377 g/mol. The van der Waals surface area contributed by atoms with Crippen molar-refractivity contribution in [2.75, 3.05) is 5.73 Å². The molecule has 0 saturated heterocycles. The zero-order valence-corrected chi connectivity index (χ0v) is 12.2. The molecule has 0 atom stereocenters. The summed E-state index contributed by atoms with van der Waals surface area (Å²) in [5.74, 6) is 0.135. The van der Waals surface area contributed by atoms with Crippen molar-refractivity contribution in [1.29, 1.82) is 0 Å². The molecule has 7 heteroatoms. The number of nitrogens with zero attached hydrogens (tertiary/aromatic N) is 2. The van der Waals surface area contributed by atoms with Crippen molar-refractivity contribution in [3.05, 3.63) is 32.3 Å². The molecule has 0 amide bonds. The number of benzene rings is 1. The normalized spacial score (nSPS) is 10.5. The van der Waals surface area contributed by atoms with Crippen LogP contribution in [0.1, 0.15) is 0 Å². The number of nitrogen functional groups attached to an aromatic ring is 1. The van der Waals surface area contributed by atoms with Gasteiger partial charge in [-0.05, 0) is 34.1 Å². The van der Waals surface area contributed by atoms with Gasteiger partial charge in [0.1, 0.15) is 10.9 Å². The number of rotatable bonds is 1. The lowest BCUT2D eigenvalue weighted by molar-refractivity contribution is 0.477. The molecular weight excluding hydrogens is 373 g/mol. The molecule has 3 N–H and O–H groups in total. The van der Waals surface area contributed by atoms with Gasteiger partial charge in [0.05, 0.1) is 10.2 Å². The molecule has 1 heterocycles. The second-order valence-electron chi connectivity index (χ2n) is 3.20. The Balaban J connectivity index is 2.72. The molecule has 0 fully saturated rings. The predicted molar refractivity (Wildman–Crippen MR) is 74.0 cm³/mol. The minimum Gasteiger partial charge on any atom is -0.507 e. The number of phenolic OH excluding ortho intramolecular Hbond substituents is 1. The van der Waals surface area contributed by atoms with Crippen molar-refractivity contribution in [2.24, 2.45) is 0 Å². The van der Waals surface area contributed by atoms with E-state index in [-0.39, 0.29) is 16.9 Å². The number of phenols is 1. The summed E-state index contributed by atoms with van der Waals surface area (Å²) in [7, 11) is 0. The van der Waals surface area contributed by atoms with Crippen LogP contribution in [0.2, 0.25) is 5.15 Å². The average molecular weight is 379 g/mol. The summed E-state index contributed by atoms with van der Waals surface area (Å²) in [5, 5.41) is 10.0. The Hall–Kier alpha value is -0.850. The molecule has 17 heavy (non-hydrogen) atoms. The first-order valence-corrected chi connectivity index (χ1v) is 6.43. The van der Waals surface area contributed by atoms with Crippen LogP contribution in [0.3, 0.4) is 0 Å². The SMILES string of the molecule is Nc1nc(Cl)c(Br)c(-c2cc(Br)ccc2O)n1. The van der Waals surface area contributed by atoms with Crippen molar-refractivity contribution in [3.8, 4) is 17.0 Å². The molecule has 0 aliphatic heterocycles. The van der Waals surface area contributed by atoms with Crippen molar-refractivity contribution in [1.82, 2.24) is 9.97 Å². The van der Waals surface area contributed by atoms with E-state index in [0.29, 0.717) is 15.7 Å². The van der Waals surface area contributed by atoms with Gasteiger partial charge in [-0.1, -0.05) is 27.5 Å². The van der Waals surface area contributed by atoms with Gasteiger partial charge in [0, 0.05) is 10.0 Å². The Morgan fingerprint density at radius 2 is 1.94 bits per heavy atom. The first kappa shape index (κ1) is 12.6. The molecule has 1 aromatic heterocycles. The smallest absolute Gasteiger partial charge is 0.222 e. The van der Waals surface area contributed by atoms with E-state index in [0.717, 1.165) is 4.47 Å². The zero-order chi connectivity index (χ0) is 12.6. The minimum atomic E-state index is 0.0487. The molecule has 0 aliphatic carbocycles. The van der Waals surface area contributed by atoms with E-state index in [1.807, 2.05) is 0 Å². The van der Waals surface area contributed by atoms with Gasteiger partial charge in [-0.25, -0.2) is 9.97 Å². The van der Waals surface area contributed by atoms with Gasteiger partial charge in [0.2, 0.25) is 5.95 Å². The molecule has 0 spiro atoms. The summed E-state index contributed by atoms with van der Waals surface area (Å²) >= 11 is 12.5. The Bertz CT molecular complexity index is 592. The number of hydrogen-bond acceptors (Lipinski definition) is 4. The number of aromatic nitrogens is 2. The van der Waals surface area contributed by atoms with Crippen molar-refractivity contribution in [3.63, 3.8) is 0 Å². The summed E-state index contributed by atoms with van der Waals surface area (Å²) in [6.45, 7) is 0. The lowest BCUT2D eigenvalue weighted by Gasteiger charge is -2.08. The highest BCUT2D eigenvalue weighted by molar-refractivity contribution is 9.11. The largest absolute Gasteiger partial charge is 0.507 e. The lowest BCUT2D eigenvalue weighted by atomic mass is 10.1. The van der Waals surface area contributed by atoms with Gasteiger partial charge in [-0.15, -0.1) is 0 Å². The highest BCUT2D eigenvalue weighted by Crippen LogP contribution is 2.37. The maximum absolute atomic E-state index is 9.81. The van der Waals surface area contributed by atoms with Crippen molar-refractivity contribution < 1.29 is 5.11 Å². The van der Waals surface area contributed by atoms with E-state index < -0.39 is 0 Å². The van der Waals surface area contributed by atoms with Gasteiger partial charge < -0.3 is 10.8 Å². The molecule has 88 valence electrons. The summed E-state index contributed by atoms with van der Waals surface area (Å²) in [6.07, 6.45) is 0. The maximum Gasteiger partial charge on any atom is 0.222 e. The Kier molecular flexibility index (Phi) is 3.56. The fourth-order valence-electron chi connectivity index (χ4n) is 1.31. The van der Waals surface area contributed by atoms with Crippen LogP contribution in [0.5, 0.6) is 5.75 Å². The number of anilines is 1. The first-order chi connectivity index (χ1) is 7.99. The van der Waals surface area contributed by atoms with Crippen molar-refractivity contribution >= 4 is 49.4 Å². The fourth-order valence-corrected chi connectivity index (χ4v) is 2.24. The van der Waals surface area contributed by atoms with E-state index in [1.165, 1.54) is 0 Å². The Morgan fingerprint density at radius 1 is 1.24 bits per heavy atom. The fraction of sp³-hybridized carbons (Fsp3) is 0. The molecule has 0 aliphatic rings. The van der Waals surface area contributed by atoms with Crippen LogP contribution < -0.4 is 5.73 Å². The molecule has 4 nitrogen and oxygen atoms in total. The molecule has 0 radical (unpaired) electrons. The quantitative estimate of drug-likeness (QED) is 0.743. The third-order valence-electron chi connectivity index (χ3n) is 2.04. The Morgan fingerprint density at radius 3 is 2.65 bits per heavy atom. The van der Waals surface area contributed by atoms with E-state index in [9.17, 15) is 5.11 Å². The third kappa shape index (κ3) is 2.53. The third-order valence-corrected chi connectivity index (χ3v) is 3.79. The van der Waals surface area contributed by atoms with E-state index >= 15 is 0 Å². The van der Waals surface area contributed by atoms with Crippen molar-refractivity contribution in [2.45, 2.75) is 0 Å².